The minimum absolute atomic E-state index is 0.0946. The molecule has 1 aliphatic rings. The lowest BCUT2D eigenvalue weighted by atomic mass is 9.69. The van der Waals surface area contributed by atoms with Gasteiger partial charge in [0.05, 0.1) is 17.3 Å². The highest BCUT2D eigenvalue weighted by Gasteiger charge is 2.51. The average Bonchev–Trinajstić information content (AvgIpc) is 3.01. The van der Waals surface area contributed by atoms with Gasteiger partial charge in [-0.3, -0.25) is 0 Å². The monoisotopic (exact) mass is 480 g/mol. The fraction of sp³-hybridized carbons (Fsp3) is 0.600. The van der Waals surface area contributed by atoms with Crippen LogP contribution in [0.15, 0.2) is 42.5 Å². The summed E-state index contributed by atoms with van der Waals surface area (Å²) in [4.78, 5) is 0. The van der Waals surface area contributed by atoms with Gasteiger partial charge in [-0.05, 0) is 81.1 Å². The maximum Gasteiger partial charge on any atom is 0.494 e. The van der Waals surface area contributed by atoms with Gasteiger partial charge in [0.25, 0.3) is 0 Å². The Bertz CT molecular complexity index is 984. The first-order valence-electron chi connectivity index (χ1n) is 13.0. The zero-order valence-corrected chi connectivity index (χ0v) is 23.5. The molecule has 4 nitrogen and oxygen atoms in total. The Labute approximate surface area is 213 Å². The van der Waals surface area contributed by atoms with Gasteiger partial charge in [-0.1, -0.05) is 71.0 Å². The molecule has 192 valence electrons. The number of aryl methyl sites for hydroxylation is 1. The van der Waals surface area contributed by atoms with Crippen LogP contribution in [0.4, 0.5) is 0 Å². The van der Waals surface area contributed by atoms with E-state index in [2.05, 4.69) is 90.9 Å². The summed E-state index contributed by atoms with van der Waals surface area (Å²) >= 11 is 0. The lowest BCUT2D eigenvalue weighted by molar-refractivity contribution is 0.00578. The van der Waals surface area contributed by atoms with Crippen molar-refractivity contribution < 1.29 is 19.2 Å². The Morgan fingerprint density at radius 1 is 0.886 bits per heavy atom. The van der Waals surface area contributed by atoms with E-state index in [1.54, 1.807) is 0 Å². The van der Waals surface area contributed by atoms with Gasteiger partial charge in [-0.25, -0.2) is 0 Å². The zero-order valence-electron chi connectivity index (χ0n) is 23.5. The van der Waals surface area contributed by atoms with Crippen LogP contribution in [0.1, 0.15) is 91.8 Å². The Hall–Kier alpha value is -1.82. The summed E-state index contributed by atoms with van der Waals surface area (Å²) in [6.07, 6.45) is 1.46. The first kappa shape index (κ1) is 27.8. The molecule has 0 amide bonds. The van der Waals surface area contributed by atoms with Crippen LogP contribution in [0.3, 0.4) is 0 Å². The van der Waals surface area contributed by atoms with Crippen molar-refractivity contribution in [2.45, 2.75) is 105 Å². The number of hydrogen-bond acceptors (Lipinski definition) is 4. The highest BCUT2D eigenvalue weighted by Crippen LogP contribution is 2.41. The van der Waals surface area contributed by atoms with Crippen LogP contribution in [0.2, 0.25) is 0 Å². The van der Waals surface area contributed by atoms with Gasteiger partial charge in [0.2, 0.25) is 0 Å². The molecule has 1 heterocycles. The molecule has 2 aromatic rings. The maximum absolute atomic E-state index is 10.4. The molecule has 0 bridgehead atoms. The van der Waals surface area contributed by atoms with Gasteiger partial charge < -0.3 is 19.2 Å². The molecule has 3 rings (SSSR count). The molecule has 1 fully saturated rings. The average molecular weight is 480 g/mol. The summed E-state index contributed by atoms with van der Waals surface area (Å²) in [5.74, 6) is 0.828. The van der Waals surface area contributed by atoms with Crippen LogP contribution in [-0.2, 0) is 14.7 Å². The van der Waals surface area contributed by atoms with Crippen molar-refractivity contribution in [1.29, 1.82) is 0 Å². The molecule has 1 unspecified atom stereocenters. The number of benzene rings is 2. The van der Waals surface area contributed by atoms with E-state index in [1.165, 1.54) is 11.1 Å². The predicted molar refractivity (Wildman–Crippen MR) is 146 cm³/mol. The number of aliphatic hydroxyl groups is 1. The second-order valence-corrected chi connectivity index (χ2v) is 12.2. The molecule has 0 aromatic heterocycles. The zero-order chi connectivity index (χ0) is 26.2. The Kier molecular flexibility index (Phi) is 7.87. The van der Waals surface area contributed by atoms with Crippen LogP contribution < -0.4 is 10.2 Å². The van der Waals surface area contributed by atoms with Gasteiger partial charge in [-0.2, -0.15) is 0 Å². The standard InChI is InChI=1S/C30H45BO4/c1-11-30(12-2,23-15-18-25(21(3)19-23)33-20-26(32)27(4,5)6)22-13-16-24(17-14-22)31-34-28(7,8)29(9,10)35-31/h13-19,26,32H,11-12,20H2,1-10H3. The summed E-state index contributed by atoms with van der Waals surface area (Å²) in [5.41, 5.74) is 3.71. The Balaban J connectivity index is 1.85. The van der Waals surface area contributed by atoms with Crippen molar-refractivity contribution >= 4 is 12.6 Å². The van der Waals surface area contributed by atoms with Crippen LogP contribution in [-0.4, -0.2) is 36.1 Å². The minimum Gasteiger partial charge on any atom is -0.491 e. The molecule has 0 aliphatic carbocycles. The van der Waals surface area contributed by atoms with Crippen molar-refractivity contribution in [3.8, 4) is 5.75 Å². The van der Waals surface area contributed by atoms with E-state index in [4.69, 9.17) is 14.0 Å². The van der Waals surface area contributed by atoms with Crippen molar-refractivity contribution in [2.75, 3.05) is 6.61 Å². The van der Waals surface area contributed by atoms with E-state index in [-0.39, 0.29) is 35.8 Å². The molecule has 2 aromatic carbocycles. The number of ether oxygens (including phenoxy) is 1. The summed E-state index contributed by atoms with van der Waals surface area (Å²) < 4.78 is 18.5. The third-order valence-corrected chi connectivity index (χ3v) is 8.32. The summed E-state index contributed by atoms with van der Waals surface area (Å²) in [7, 11) is -0.353. The van der Waals surface area contributed by atoms with Crippen LogP contribution in [0, 0.1) is 12.3 Å². The fourth-order valence-corrected chi connectivity index (χ4v) is 4.70. The Morgan fingerprint density at radius 2 is 1.40 bits per heavy atom. The Morgan fingerprint density at radius 3 is 1.86 bits per heavy atom. The van der Waals surface area contributed by atoms with E-state index in [9.17, 15) is 5.11 Å². The molecule has 5 heteroatoms. The fourth-order valence-electron chi connectivity index (χ4n) is 4.70. The molecule has 0 radical (unpaired) electrons. The quantitative estimate of drug-likeness (QED) is 0.458. The van der Waals surface area contributed by atoms with Gasteiger partial charge >= 0.3 is 7.12 Å². The maximum atomic E-state index is 10.4. The van der Waals surface area contributed by atoms with Crippen LogP contribution >= 0.6 is 0 Å². The van der Waals surface area contributed by atoms with E-state index < -0.39 is 6.10 Å². The molecular weight excluding hydrogens is 435 g/mol. The van der Waals surface area contributed by atoms with E-state index in [0.29, 0.717) is 0 Å². The normalized spacial score (nSPS) is 18.5. The highest BCUT2D eigenvalue weighted by atomic mass is 16.7. The first-order valence-corrected chi connectivity index (χ1v) is 13.0. The van der Waals surface area contributed by atoms with Crippen molar-refractivity contribution in [1.82, 2.24) is 0 Å². The molecule has 35 heavy (non-hydrogen) atoms. The van der Waals surface area contributed by atoms with Crippen LogP contribution in [0.25, 0.3) is 0 Å². The smallest absolute Gasteiger partial charge is 0.491 e. The van der Waals surface area contributed by atoms with E-state index in [0.717, 1.165) is 29.6 Å². The lowest BCUT2D eigenvalue weighted by Crippen LogP contribution is -2.41. The SMILES string of the molecule is CCC(CC)(c1ccc(B2OC(C)(C)C(C)(C)O2)cc1)c1ccc(OCC(O)C(C)(C)C)c(C)c1. The summed E-state index contributed by atoms with van der Waals surface area (Å²) in [6.45, 7) is 21.3. The molecular formula is C30H45BO4. The van der Waals surface area contributed by atoms with Gasteiger partial charge in [0.15, 0.2) is 0 Å². The largest absolute Gasteiger partial charge is 0.494 e. The van der Waals surface area contributed by atoms with Crippen molar-refractivity contribution in [3.05, 3.63) is 59.2 Å². The molecule has 1 aliphatic heterocycles. The molecule has 0 spiro atoms. The van der Waals surface area contributed by atoms with Crippen molar-refractivity contribution in [2.24, 2.45) is 5.41 Å². The number of hydrogen-bond donors (Lipinski definition) is 1. The number of aliphatic hydroxyl groups excluding tert-OH is 1. The predicted octanol–water partition coefficient (Wildman–Crippen LogP) is 6.19. The third kappa shape index (κ3) is 5.48. The first-order chi connectivity index (χ1) is 16.2. The van der Waals surface area contributed by atoms with Crippen molar-refractivity contribution in [3.63, 3.8) is 0 Å². The summed E-state index contributed by atoms with van der Waals surface area (Å²) in [6, 6.07) is 15.2. The molecule has 1 atom stereocenters. The third-order valence-electron chi connectivity index (χ3n) is 8.32. The topological polar surface area (TPSA) is 47.9 Å². The number of rotatable bonds is 8. The molecule has 1 N–H and O–H groups in total. The second kappa shape index (κ2) is 9.92. The highest BCUT2D eigenvalue weighted by molar-refractivity contribution is 6.62. The second-order valence-electron chi connectivity index (χ2n) is 12.2. The lowest BCUT2D eigenvalue weighted by Gasteiger charge is -2.34. The van der Waals surface area contributed by atoms with Gasteiger partial charge in [-0.15, -0.1) is 0 Å². The summed E-state index contributed by atoms with van der Waals surface area (Å²) in [5, 5.41) is 10.4. The van der Waals surface area contributed by atoms with Gasteiger partial charge in [0, 0.05) is 5.41 Å². The molecule has 0 saturated carbocycles. The minimum atomic E-state index is -0.519. The van der Waals surface area contributed by atoms with Gasteiger partial charge in [0.1, 0.15) is 12.4 Å². The van der Waals surface area contributed by atoms with E-state index in [1.807, 2.05) is 20.8 Å². The van der Waals surface area contributed by atoms with Crippen LogP contribution in [0.5, 0.6) is 5.75 Å². The van der Waals surface area contributed by atoms with E-state index >= 15 is 0 Å². The molecule has 1 saturated heterocycles.